The number of halogens is 1. The van der Waals surface area contributed by atoms with Gasteiger partial charge in [0, 0.05) is 29.3 Å². The van der Waals surface area contributed by atoms with Crippen LogP contribution in [-0.4, -0.2) is 23.7 Å². The Labute approximate surface area is 157 Å². The Morgan fingerprint density at radius 2 is 2.08 bits per heavy atom. The summed E-state index contributed by atoms with van der Waals surface area (Å²) in [5, 5.41) is 19.9. The molecule has 0 bridgehead atoms. The number of carbonyl (C=O) groups is 1. The summed E-state index contributed by atoms with van der Waals surface area (Å²) < 4.78 is 5.20. The maximum Gasteiger partial charge on any atom is 0.176 e. The van der Waals surface area contributed by atoms with Gasteiger partial charge in [-0.05, 0) is 36.5 Å². The van der Waals surface area contributed by atoms with Crippen LogP contribution in [0, 0.1) is 22.7 Å². The number of ether oxygens (including phenoxy) is 1. The molecule has 1 aromatic carbocycles. The van der Waals surface area contributed by atoms with Crippen LogP contribution in [0.2, 0.25) is 5.02 Å². The lowest BCUT2D eigenvalue weighted by Gasteiger charge is -2.38. The first-order chi connectivity index (χ1) is 12.2. The first kappa shape index (κ1) is 18.5. The molecule has 1 aromatic rings. The highest BCUT2D eigenvalue weighted by molar-refractivity contribution is 6.32. The van der Waals surface area contributed by atoms with Crippen molar-refractivity contribution in [3.8, 4) is 17.6 Å². The van der Waals surface area contributed by atoms with Crippen molar-refractivity contribution in [3.63, 3.8) is 0 Å². The molecule has 2 aliphatic rings. The normalized spacial score (nSPS) is 24.6. The van der Waals surface area contributed by atoms with Crippen LogP contribution in [0.25, 0.3) is 0 Å². The van der Waals surface area contributed by atoms with Gasteiger partial charge in [0.25, 0.3) is 0 Å². The lowest BCUT2D eigenvalue weighted by molar-refractivity contribution is -0.118. The number of carbonyl (C=O) groups excluding carboxylic acids is 1. The van der Waals surface area contributed by atoms with E-state index in [1.54, 1.807) is 12.1 Å². The number of ketones is 1. The van der Waals surface area contributed by atoms with Crippen LogP contribution < -0.4 is 4.74 Å². The number of phenols is 1. The number of methoxy groups -OCH3 is 1. The minimum absolute atomic E-state index is 0.0147. The van der Waals surface area contributed by atoms with Crippen molar-refractivity contribution in [1.82, 2.24) is 0 Å². The van der Waals surface area contributed by atoms with Gasteiger partial charge in [0.15, 0.2) is 17.3 Å². The van der Waals surface area contributed by atoms with Crippen molar-refractivity contribution in [1.29, 1.82) is 5.26 Å². The standard InChI is InChI=1S/C20H21ClN2O3/c1-10-12(9-22)17(11-5-13(21)19(25)16(6-11)26-4)18-14(23-10)7-20(2,3)8-15(18)24/h5-6,12,17,25H,7-8H2,1-4H3/t12?,17-/m0/s1. The van der Waals surface area contributed by atoms with E-state index in [4.69, 9.17) is 16.3 Å². The zero-order valence-corrected chi connectivity index (χ0v) is 16.0. The summed E-state index contributed by atoms with van der Waals surface area (Å²) in [5.41, 5.74) is 2.54. The molecule has 0 saturated carbocycles. The number of allylic oxidation sites excluding steroid dienone is 2. The average molecular weight is 373 g/mol. The van der Waals surface area contributed by atoms with Gasteiger partial charge < -0.3 is 9.84 Å². The summed E-state index contributed by atoms with van der Waals surface area (Å²) in [6, 6.07) is 5.53. The van der Waals surface area contributed by atoms with Crippen molar-refractivity contribution in [2.75, 3.05) is 7.11 Å². The molecule has 0 fully saturated rings. The third-order valence-corrected chi connectivity index (χ3v) is 5.36. The molecule has 136 valence electrons. The highest BCUT2D eigenvalue weighted by Crippen LogP contribution is 2.49. The summed E-state index contributed by atoms with van der Waals surface area (Å²) in [6.45, 7) is 5.91. The summed E-state index contributed by atoms with van der Waals surface area (Å²) in [6.07, 6.45) is 1.10. The fraction of sp³-hybridized carbons (Fsp3) is 0.450. The fourth-order valence-corrected chi connectivity index (χ4v) is 4.12. The minimum atomic E-state index is -0.566. The van der Waals surface area contributed by atoms with Gasteiger partial charge in [0.1, 0.15) is 0 Å². The molecule has 0 spiro atoms. The molecule has 0 aromatic heterocycles. The van der Waals surface area contributed by atoms with Crippen LogP contribution in [0.5, 0.6) is 11.5 Å². The first-order valence-corrected chi connectivity index (χ1v) is 8.83. The molecule has 0 radical (unpaired) electrons. The van der Waals surface area contributed by atoms with Crippen LogP contribution in [0.4, 0.5) is 0 Å². The third kappa shape index (κ3) is 2.99. The van der Waals surface area contributed by atoms with Crippen LogP contribution >= 0.6 is 11.6 Å². The summed E-state index contributed by atoms with van der Waals surface area (Å²) in [7, 11) is 1.43. The molecule has 2 atom stereocenters. The third-order valence-electron chi connectivity index (χ3n) is 5.07. The van der Waals surface area contributed by atoms with Crippen molar-refractivity contribution in [3.05, 3.63) is 34.0 Å². The fourth-order valence-electron chi connectivity index (χ4n) is 3.90. The van der Waals surface area contributed by atoms with E-state index < -0.39 is 11.8 Å². The Kier molecular flexibility index (Phi) is 4.58. The maximum absolute atomic E-state index is 13.0. The lowest BCUT2D eigenvalue weighted by Crippen LogP contribution is -2.35. The van der Waals surface area contributed by atoms with E-state index in [-0.39, 0.29) is 27.7 Å². The van der Waals surface area contributed by atoms with E-state index in [1.807, 2.05) is 20.8 Å². The summed E-state index contributed by atoms with van der Waals surface area (Å²) in [4.78, 5) is 17.6. The van der Waals surface area contributed by atoms with Gasteiger partial charge in [0.05, 0.1) is 24.1 Å². The zero-order valence-electron chi connectivity index (χ0n) is 15.3. The Morgan fingerprint density at radius 3 is 2.69 bits per heavy atom. The molecule has 6 heteroatoms. The Balaban J connectivity index is 2.23. The predicted molar refractivity (Wildman–Crippen MR) is 99.7 cm³/mol. The van der Waals surface area contributed by atoms with Gasteiger partial charge in [0.2, 0.25) is 0 Å². The van der Waals surface area contributed by atoms with Gasteiger partial charge in [-0.2, -0.15) is 5.26 Å². The molecule has 1 N–H and O–H groups in total. The topological polar surface area (TPSA) is 82.7 Å². The SMILES string of the molecule is COc1cc([C@@H]2C3=C(CC(C)(C)CC3=O)N=C(C)C2C#N)cc(Cl)c1O. The number of benzene rings is 1. The van der Waals surface area contributed by atoms with Crippen LogP contribution in [0.1, 0.15) is 45.1 Å². The average Bonchev–Trinajstić information content (AvgIpc) is 2.54. The van der Waals surface area contributed by atoms with Crippen LogP contribution in [0.3, 0.4) is 0 Å². The number of aromatic hydroxyl groups is 1. The Morgan fingerprint density at radius 1 is 1.38 bits per heavy atom. The van der Waals surface area contributed by atoms with Gasteiger partial charge >= 0.3 is 0 Å². The number of Topliss-reactive ketones (excluding diaryl/α,β-unsaturated/α-hetero) is 1. The molecule has 5 nitrogen and oxygen atoms in total. The summed E-state index contributed by atoms with van der Waals surface area (Å²) >= 11 is 6.16. The number of nitriles is 1. The lowest BCUT2D eigenvalue weighted by atomic mass is 9.67. The largest absolute Gasteiger partial charge is 0.503 e. The number of nitrogens with zero attached hydrogens (tertiary/aromatic N) is 2. The van der Waals surface area contributed by atoms with Crippen LogP contribution in [0.15, 0.2) is 28.4 Å². The second-order valence-corrected chi connectivity index (χ2v) is 8.10. The van der Waals surface area contributed by atoms with Crippen molar-refractivity contribution >= 4 is 23.1 Å². The second kappa shape index (κ2) is 6.44. The van der Waals surface area contributed by atoms with Crippen molar-refractivity contribution in [2.24, 2.45) is 16.3 Å². The molecule has 3 rings (SSSR count). The molecule has 1 unspecified atom stereocenters. The Bertz CT molecular complexity index is 893. The van der Waals surface area contributed by atoms with Gasteiger partial charge in [-0.3, -0.25) is 9.79 Å². The maximum atomic E-state index is 13.0. The van der Waals surface area contributed by atoms with Crippen molar-refractivity contribution < 1.29 is 14.6 Å². The summed E-state index contributed by atoms with van der Waals surface area (Å²) in [5.74, 6) is -0.957. The van der Waals surface area contributed by atoms with E-state index in [0.717, 1.165) is 5.70 Å². The van der Waals surface area contributed by atoms with Gasteiger partial charge in [-0.15, -0.1) is 0 Å². The molecular formula is C20H21ClN2O3. The number of phenolic OH excluding ortho intramolecular Hbond substituents is 1. The quantitative estimate of drug-likeness (QED) is 0.834. The molecule has 0 saturated heterocycles. The number of aliphatic imine (C=N–C) groups is 1. The van der Waals surface area contributed by atoms with Crippen molar-refractivity contribution in [2.45, 2.75) is 39.5 Å². The highest BCUT2D eigenvalue weighted by atomic mass is 35.5. The van der Waals surface area contributed by atoms with E-state index in [1.165, 1.54) is 7.11 Å². The Hall–Kier alpha value is -2.32. The van der Waals surface area contributed by atoms with E-state index >= 15 is 0 Å². The molecule has 26 heavy (non-hydrogen) atoms. The molecule has 0 amide bonds. The van der Waals surface area contributed by atoms with E-state index in [0.29, 0.717) is 29.7 Å². The number of rotatable bonds is 2. The highest BCUT2D eigenvalue weighted by Gasteiger charge is 2.43. The van der Waals surface area contributed by atoms with Gasteiger partial charge in [-0.1, -0.05) is 25.4 Å². The number of hydrogen-bond acceptors (Lipinski definition) is 5. The van der Waals surface area contributed by atoms with Gasteiger partial charge in [-0.25, -0.2) is 0 Å². The second-order valence-electron chi connectivity index (χ2n) is 7.69. The first-order valence-electron chi connectivity index (χ1n) is 8.46. The molecular weight excluding hydrogens is 352 g/mol. The van der Waals surface area contributed by atoms with E-state index in [9.17, 15) is 15.2 Å². The molecule has 1 heterocycles. The monoisotopic (exact) mass is 372 g/mol. The molecule has 1 aliphatic carbocycles. The number of hydrogen-bond donors (Lipinski definition) is 1. The molecule has 1 aliphatic heterocycles. The smallest absolute Gasteiger partial charge is 0.176 e. The zero-order chi connectivity index (χ0) is 19.2. The van der Waals surface area contributed by atoms with E-state index in [2.05, 4.69) is 11.1 Å². The van der Waals surface area contributed by atoms with Crippen LogP contribution in [-0.2, 0) is 4.79 Å². The predicted octanol–water partition coefficient (Wildman–Crippen LogP) is 4.40. The minimum Gasteiger partial charge on any atom is -0.503 e.